The molecule has 1 unspecified atom stereocenters. The summed E-state index contributed by atoms with van der Waals surface area (Å²) in [7, 11) is 1.39. The Balaban J connectivity index is 1.26. The third kappa shape index (κ3) is 5.70. The quantitative estimate of drug-likeness (QED) is 0.361. The molecule has 2 aliphatic rings. The molecule has 1 aliphatic carbocycles. The second kappa shape index (κ2) is 10.8. The first-order valence-corrected chi connectivity index (χ1v) is 13.0. The van der Waals surface area contributed by atoms with Gasteiger partial charge in [0.15, 0.2) is 0 Å². The summed E-state index contributed by atoms with van der Waals surface area (Å²) in [5.74, 6) is -6.27. The molecule has 1 aliphatic heterocycles. The molecular formula is C28H29F3N6O4. The van der Waals surface area contributed by atoms with Crippen molar-refractivity contribution in [1.82, 2.24) is 20.0 Å². The van der Waals surface area contributed by atoms with Crippen molar-refractivity contribution in [2.75, 3.05) is 25.9 Å². The van der Waals surface area contributed by atoms with Crippen LogP contribution in [0, 0.1) is 17.7 Å². The van der Waals surface area contributed by atoms with Crippen LogP contribution in [0.4, 0.5) is 19.0 Å². The lowest BCUT2D eigenvalue weighted by atomic mass is 10.0. The number of methoxy groups -OCH3 is 1. The van der Waals surface area contributed by atoms with Crippen molar-refractivity contribution in [1.29, 1.82) is 0 Å². The molecule has 1 aromatic heterocycles. The Morgan fingerprint density at radius 1 is 1.17 bits per heavy atom. The number of aromatic nitrogens is 2. The molecule has 0 radical (unpaired) electrons. The molecule has 10 nitrogen and oxygen atoms in total. The van der Waals surface area contributed by atoms with Gasteiger partial charge in [-0.25, -0.2) is 17.9 Å². The minimum atomic E-state index is -2.91. The van der Waals surface area contributed by atoms with Crippen LogP contribution in [0.25, 0.3) is 11.3 Å². The number of anilines is 1. The molecular weight excluding hydrogens is 541 g/mol. The zero-order valence-electron chi connectivity index (χ0n) is 22.2. The number of nitrogens with two attached hydrogens (primary N) is 2. The molecule has 0 spiro atoms. The Bertz CT molecular complexity index is 1510. The molecule has 2 fully saturated rings. The second-order valence-corrected chi connectivity index (χ2v) is 10.3. The average Bonchev–Trinajstić information content (AvgIpc) is 3.24. The van der Waals surface area contributed by atoms with Gasteiger partial charge in [-0.05, 0) is 36.1 Å². The first-order valence-electron chi connectivity index (χ1n) is 13.0. The van der Waals surface area contributed by atoms with E-state index in [9.17, 15) is 27.6 Å². The molecule has 2 aromatic carbocycles. The summed E-state index contributed by atoms with van der Waals surface area (Å²) in [4.78, 5) is 38.7. The predicted octanol–water partition coefficient (Wildman–Crippen LogP) is 2.81. The summed E-state index contributed by atoms with van der Waals surface area (Å²) in [6, 6.07) is 10.5. The van der Waals surface area contributed by atoms with Gasteiger partial charge >= 0.3 is 0 Å². The lowest BCUT2D eigenvalue weighted by Gasteiger charge is -2.16. The van der Waals surface area contributed by atoms with Crippen LogP contribution >= 0.6 is 0 Å². The third-order valence-electron chi connectivity index (χ3n) is 7.48. The maximum atomic E-state index is 13.6. The topological polar surface area (TPSA) is 146 Å². The van der Waals surface area contributed by atoms with Crippen molar-refractivity contribution < 1.29 is 32.3 Å². The van der Waals surface area contributed by atoms with E-state index >= 15 is 0 Å². The number of nitrogen functional groups attached to an aromatic ring is 1. The molecule has 3 aromatic rings. The summed E-state index contributed by atoms with van der Waals surface area (Å²) in [6.45, 7) is 1.09. The van der Waals surface area contributed by atoms with E-state index in [4.69, 9.17) is 16.2 Å². The van der Waals surface area contributed by atoms with E-state index in [2.05, 4.69) is 10.4 Å². The van der Waals surface area contributed by atoms with E-state index < -0.39 is 41.8 Å². The van der Waals surface area contributed by atoms with E-state index in [1.54, 1.807) is 24.3 Å². The molecule has 13 heteroatoms. The SMILES string of the molecule is COc1ccc(F)cc1C(=O)NCc1ccc(-c2nn(C[C@@H]3CCN(C(=O)C4CC4(F)F)C3)c(N)c2C(N)=O)cc1. The number of carbonyl (C=O) groups excluding carboxylic acids is 3. The molecule has 2 heterocycles. The van der Waals surface area contributed by atoms with Crippen LogP contribution in [0.1, 0.15) is 39.1 Å². The zero-order valence-corrected chi connectivity index (χ0v) is 22.2. The van der Waals surface area contributed by atoms with E-state index in [0.717, 1.165) is 11.6 Å². The summed E-state index contributed by atoms with van der Waals surface area (Å²) in [6.07, 6.45) is 0.184. The number of rotatable bonds is 9. The second-order valence-electron chi connectivity index (χ2n) is 10.3. The highest BCUT2D eigenvalue weighted by Gasteiger charge is 2.62. The molecule has 5 rings (SSSR count). The fourth-order valence-corrected chi connectivity index (χ4v) is 5.10. The zero-order chi connectivity index (χ0) is 29.5. The van der Waals surface area contributed by atoms with Gasteiger partial charge in [0, 0.05) is 38.2 Å². The Morgan fingerprint density at radius 3 is 2.51 bits per heavy atom. The van der Waals surface area contributed by atoms with Crippen LogP contribution in [0.15, 0.2) is 42.5 Å². The largest absolute Gasteiger partial charge is 0.496 e. The smallest absolute Gasteiger partial charge is 0.260 e. The molecule has 41 heavy (non-hydrogen) atoms. The van der Waals surface area contributed by atoms with Crippen LogP contribution in [-0.4, -0.2) is 58.5 Å². The monoisotopic (exact) mass is 570 g/mol. The van der Waals surface area contributed by atoms with Gasteiger partial charge in [-0.15, -0.1) is 0 Å². The maximum Gasteiger partial charge on any atom is 0.260 e. The number of alkyl halides is 2. The molecule has 0 bridgehead atoms. The Hall–Kier alpha value is -4.55. The lowest BCUT2D eigenvalue weighted by Crippen LogP contribution is -2.32. The van der Waals surface area contributed by atoms with E-state index in [1.807, 2.05) is 0 Å². The van der Waals surface area contributed by atoms with Crippen molar-refractivity contribution in [3.63, 3.8) is 0 Å². The third-order valence-corrected chi connectivity index (χ3v) is 7.48. The maximum absolute atomic E-state index is 13.6. The first kappa shape index (κ1) is 28.0. The number of ether oxygens (including phenoxy) is 1. The van der Waals surface area contributed by atoms with Crippen molar-refractivity contribution in [3.05, 3.63) is 65.0 Å². The van der Waals surface area contributed by atoms with Gasteiger partial charge in [-0.2, -0.15) is 5.10 Å². The summed E-state index contributed by atoms with van der Waals surface area (Å²) < 4.78 is 46.9. The van der Waals surface area contributed by atoms with Crippen LogP contribution in [0.5, 0.6) is 5.75 Å². The molecule has 1 saturated heterocycles. The van der Waals surface area contributed by atoms with Crippen molar-refractivity contribution in [2.45, 2.75) is 31.9 Å². The number of carbonyl (C=O) groups is 3. The molecule has 5 N–H and O–H groups in total. The van der Waals surface area contributed by atoms with Gasteiger partial charge in [0.2, 0.25) is 5.91 Å². The number of nitrogens with zero attached hydrogens (tertiary/aromatic N) is 3. The van der Waals surface area contributed by atoms with Gasteiger partial charge < -0.3 is 26.4 Å². The van der Waals surface area contributed by atoms with Crippen LogP contribution in [-0.2, 0) is 17.9 Å². The molecule has 1 saturated carbocycles. The van der Waals surface area contributed by atoms with Crippen LogP contribution in [0.3, 0.4) is 0 Å². The Kier molecular flexibility index (Phi) is 7.37. The van der Waals surface area contributed by atoms with Gasteiger partial charge in [0.05, 0.1) is 12.7 Å². The van der Waals surface area contributed by atoms with Crippen LogP contribution < -0.4 is 21.5 Å². The van der Waals surface area contributed by atoms with E-state index in [1.165, 1.54) is 28.8 Å². The summed E-state index contributed by atoms with van der Waals surface area (Å²) in [5.41, 5.74) is 13.5. The van der Waals surface area contributed by atoms with Crippen molar-refractivity contribution in [2.24, 2.45) is 17.6 Å². The predicted molar refractivity (Wildman–Crippen MR) is 142 cm³/mol. The first-order chi connectivity index (χ1) is 19.5. The lowest BCUT2D eigenvalue weighted by molar-refractivity contribution is -0.133. The molecule has 3 amide bonds. The van der Waals surface area contributed by atoms with Gasteiger partial charge in [-0.3, -0.25) is 14.4 Å². The Morgan fingerprint density at radius 2 is 1.88 bits per heavy atom. The number of benzene rings is 2. The normalized spacial score (nSPS) is 19.2. The summed E-state index contributed by atoms with van der Waals surface area (Å²) in [5, 5.41) is 7.24. The summed E-state index contributed by atoms with van der Waals surface area (Å²) >= 11 is 0. The number of halogens is 3. The fraction of sp³-hybridized carbons (Fsp3) is 0.357. The fourth-order valence-electron chi connectivity index (χ4n) is 5.10. The Labute approximate surface area is 233 Å². The van der Waals surface area contributed by atoms with Gasteiger partial charge in [0.1, 0.15) is 34.6 Å². The number of primary amides is 1. The molecule has 2 atom stereocenters. The van der Waals surface area contributed by atoms with Gasteiger partial charge in [0.25, 0.3) is 17.7 Å². The van der Waals surface area contributed by atoms with Crippen molar-refractivity contribution in [3.8, 4) is 17.0 Å². The highest BCUT2D eigenvalue weighted by atomic mass is 19.3. The highest BCUT2D eigenvalue weighted by Crippen LogP contribution is 2.50. The minimum absolute atomic E-state index is 0.0489. The number of likely N-dealkylation sites (tertiary alicyclic amines) is 1. The number of hydrogen-bond donors (Lipinski definition) is 3. The average molecular weight is 571 g/mol. The molecule has 216 valence electrons. The van der Waals surface area contributed by atoms with E-state index in [0.29, 0.717) is 25.1 Å². The standard InChI is InChI=1S/C28H29F3N6O4/c1-41-21-7-6-18(29)10-19(21)26(39)34-12-15-2-4-17(5-3-15)23-22(25(33)38)24(32)37(35-23)14-16-8-9-36(13-16)27(40)20-11-28(20,30)31/h2-7,10,16,20H,8-9,11-14,32H2,1H3,(H2,33,38)(H,34,39)/t16-,20?/m1/s1. The highest BCUT2D eigenvalue weighted by molar-refractivity contribution is 6.03. The van der Waals surface area contributed by atoms with Crippen LogP contribution in [0.2, 0.25) is 0 Å². The number of amides is 3. The van der Waals surface area contributed by atoms with Crippen molar-refractivity contribution >= 4 is 23.5 Å². The van der Waals surface area contributed by atoms with E-state index in [-0.39, 0.29) is 47.4 Å². The van der Waals surface area contributed by atoms with Gasteiger partial charge in [-0.1, -0.05) is 24.3 Å². The minimum Gasteiger partial charge on any atom is -0.496 e. The number of nitrogens with one attached hydrogen (secondary N) is 1. The number of hydrogen-bond acceptors (Lipinski definition) is 6.